The minimum atomic E-state index is -3.82. The number of primary sulfonamides is 1. The van der Waals surface area contributed by atoms with Crippen molar-refractivity contribution in [1.29, 1.82) is 0 Å². The summed E-state index contributed by atoms with van der Waals surface area (Å²) >= 11 is 17.3. The summed E-state index contributed by atoms with van der Waals surface area (Å²) < 4.78 is 25.0. The second-order valence-electron chi connectivity index (χ2n) is 7.76. The first-order valence-corrected chi connectivity index (χ1v) is 12.8. The van der Waals surface area contributed by atoms with E-state index in [-0.39, 0.29) is 20.6 Å². The number of nitrogens with two attached hydrogens (primary N) is 1. The molecule has 1 aromatic heterocycles. The second kappa shape index (κ2) is 9.21. The molecular weight excluding hydrogens is 531 g/mol. The zero-order valence-corrected chi connectivity index (χ0v) is 21.5. The molecule has 2 heterocycles. The molecule has 1 fully saturated rings. The van der Waals surface area contributed by atoms with Gasteiger partial charge in [0.05, 0.1) is 20.6 Å². The van der Waals surface area contributed by atoms with Gasteiger partial charge in [-0.05, 0) is 86.2 Å². The van der Waals surface area contributed by atoms with Crippen LogP contribution in [0, 0.1) is 13.8 Å². The number of nitrogens with one attached hydrogen (secondary N) is 1. The van der Waals surface area contributed by atoms with E-state index in [4.69, 9.17) is 40.6 Å². The van der Waals surface area contributed by atoms with Gasteiger partial charge in [-0.3, -0.25) is 19.8 Å². The number of nitrogens with zero attached hydrogens (tertiary/aromatic N) is 2. The van der Waals surface area contributed by atoms with Crippen molar-refractivity contribution in [3.63, 3.8) is 0 Å². The number of carbonyl (C=O) groups is 2. The molecule has 1 saturated heterocycles. The monoisotopic (exact) mass is 548 g/mol. The fraction of sp³-hybridized carbons (Fsp3) is 0.0870. The van der Waals surface area contributed by atoms with Crippen LogP contribution in [0.3, 0.4) is 0 Å². The summed E-state index contributed by atoms with van der Waals surface area (Å²) in [6, 6.07) is 12.5. The molecule has 1 aliphatic rings. The molecule has 3 aromatic rings. The Balaban J connectivity index is 1.74. The Morgan fingerprint density at radius 1 is 0.971 bits per heavy atom. The van der Waals surface area contributed by atoms with E-state index in [1.165, 1.54) is 35.2 Å². The van der Waals surface area contributed by atoms with Crippen LogP contribution in [-0.4, -0.2) is 29.9 Å². The summed E-state index contributed by atoms with van der Waals surface area (Å²) in [7, 11) is -3.82. The molecule has 0 aliphatic carbocycles. The van der Waals surface area contributed by atoms with Crippen molar-refractivity contribution in [3.05, 3.63) is 81.1 Å². The highest BCUT2D eigenvalue weighted by molar-refractivity contribution is 7.89. The SMILES string of the molecule is Cc1cc(/C=C2\C(=O)NC(=S)N(c3ccc(Cl)c(Cl)c3)C2=O)c(C)n1-c1ccc(S(N)(=O)=O)cc1. The van der Waals surface area contributed by atoms with E-state index in [1.54, 1.807) is 18.2 Å². The third-order valence-corrected chi connectivity index (χ3v) is 7.41. The van der Waals surface area contributed by atoms with E-state index in [0.717, 1.165) is 11.4 Å². The first kappa shape index (κ1) is 25.1. The average molecular weight is 549 g/mol. The largest absolute Gasteiger partial charge is 0.318 e. The van der Waals surface area contributed by atoms with Gasteiger partial charge in [0, 0.05) is 17.1 Å². The quantitative estimate of drug-likeness (QED) is 0.291. The number of aryl methyl sites for hydroxylation is 1. The molecule has 0 spiro atoms. The molecule has 35 heavy (non-hydrogen) atoms. The highest BCUT2D eigenvalue weighted by Crippen LogP contribution is 2.30. The zero-order valence-electron chi connectivity index (χ0n) is 18.4. The van der Waals surface area contributed by atoms with Gasteiger partial charge >= 0.3 is 0 Å². The third-order valence-electron chi connectivity index (χ3n) is 5.46. The van der Waals surface area contributed by atoms with Crippen molar-refractivity contribution in [2.45, 2.75) is 18.7 Å². The zero-order chi connectivity index (χ0) is 25.7. The Bertz CT molecular complexity index is 1540. The van der Waals surface area contributed by atoms with Gasteiger partial charge in [-0.15, -0.1) is 0 Å². The van der Waals surface area contributed by atoms with Crippen LogP contribution in [-0.2, 0) is 19.6 Å². The number of hydrogen-bond acceptors (Lipinski definition) is 5. The maximum Gasteiger partial charge on any atom is 0.270 e. The summed E-state index contributed by atoms with van der Waals surface area (Å²) in [5.41, 5.74) is 3.09. The van der Waals surface area contributed by atoms with Gasteiger partial charge in [-0.2, -0.15) is 0 Å². The fourth-order valence-electron chi connectivity index (χ4n) is 3.79. The molecule has 0 unspecified atom stereocenters. The van der Waals surface area contributed by atoms with Crippen molar-refractivity contribution < 1.29 is 18.0 Å². The highest BCUT2D eigenvalue weighted by Gasteiger charge is 2.35. The number of hydrogen-bond donors (Lipinski definition) is 2. The van der Waals surface area contributed by atoms with Crippen LogP contribution in [0.2, 0.25) is 10.0 Å². The van der Waals surface area contributed by atoms with Crippen molar-refractivity contribution in [2.24, 2.45) is 5.14 Å². The predicted molar refractivity (Wildman–Crippen MR) is 139 cm³/mol. The Hall–Kier alpha value is -3.02. The van der Waals surface area contributed by atoms with E-state index in [9.17, 15) is 18.0 Å². The molecule has 0 saturated carbocycles. The van der Waals surface area contributed by atoms with Crippen LogP contribution in [0.15, 0.2) is 59.0 Å². The highest BCUT2D eigenvalue weighted by atomic mass is 35.5. The van der Waals surface area contributed by atoms with Gasteiger partial charge in [-0.1, -0.05) is 23.2 Å². The Morgan fingerprint density at radius 3 is 2.20 bits per heavy atom. The van der Waals surface area contributed by atoms with E-state index in [2.05, 4.69) is 5.32 Å². The maximum atomic E-state index is 13.3. The van der Waals surface area contributed by atoms with E-state index >= 15 is 0 Å². The minimum Gasteiger partial charge on any atom is -0.318 e. The summed E-state index contributed by atoms with van der Waals surface area (Å²) in [6.45, 7) is 3.67. The van der Waals surface area contributed by atoms with Gasteiger partial charge in [0.15, 0.2) is 5.11 Å². The lowest BCUT2D eigenvalue weighted by Gasteiger charge is -2.29. The molecule has 0 bridgehead atoms. The van der Waals surface area contributed by atoms with Crippen LogP contribution in [0.25, 0.3) is 11.8 Å². The topological polar surface area (TPSA) is 114 Å². The summed E-state index contributed by atoms with van der Waals surface area (Å²) in [5, 5.41) is 8.19. The van der Waals surface area contributed by atoms with Gasteiger partial charge in [-0.25, -0.2) is 13.6 Å². The number of sulfonamides is 1. The molecule has 12 heteroatoms. The molecule has 0 radical (unpaired) electrons. The Morgan fingerprint density at radius 2 is 1.60 bits per heavy atom. The molecule has 3 N–H and O–H groups in total. The van der Waals surface area contributed by atoms with E-state index in [1.807, 2.05) is 24.5 Å². The van der Waals surface area contributed by atoms with Crippen LogP contribution in [0.1, 0.15) is 17.0 Å². The number of carbonyl (C=O) groups excluding carboxylic acids is 2. The van der Waals surface area contributed by atoms with E-state index < -0.39 is 21.8 Å². The van der Waals surface area contributed by atoms with Crippen molar-refractivity contribution in [2.75, 3.05) is 4.90 Å². The van der Waals surface area contributed by atoms with Gasteiger partial charge in [0.2, 0.25) is 10.0 Å². The lowest BCUT2D eigenvalue weighted by molar-refractivity contribution is -0.122. The maximum absolute atomic E-state index is 13.3. The first-order chi connectivity index (χ1) is 16.4. The molecule has 2 aromatic carbocycles. The van der Waals surface area contributed by atoms with Crippen LogP contribution >= 0.6 is 35.4 Å². The number of anilines is 1. The normalized spacial score (nSPS) is 15.6. The molecule has 180 valence electrons. The Labute approximate surface area is 217 Å². The predicted octanol–water partition coefficient (Wildman–Crippen LogP) is 3.88. The number of amides is 2. The lowest BCUT2D eigenvalue weighted by atomic mass is 10.1. The summed E-state index contributed by atoms with van der Waals surface area (Å²) in [6.07, 6.45) is 1.49. The van der Waals surface area contributed by atoms with Crippen molar-refractivity contribution in [3.8, 4) is 5.69 Å². The summed E-state index contributed by atoms with van der Waals surface area (Å²) in [5.74, 6) is -1.24. The molecule has 8 nitrogen and oxygen atoms in total. The molecule has 2 amide bonds. The molecule has 4 rings (SSSR count). The van der Waals surface area contributed by atoms with Crippen molar-refractivity contribution in [1.82, 2.24) is 9.88 Å². The fourth-order valence-corrected chi connectivity index (χ4v) is 4.88. The molecule has 1 aliphatic heterocycles. The number of aromatic nitrogens is 1. The van der Waals surface area contributed by atoms with Gasteiger partial charge < -0.3 is 4.57 Å². The summed E-state index contributed by atoms with van der Waals surface area (Å²) in [4.78, 5) is 27.2. The smallest absolute Gasteiger partial charge is 0.270 e. The Kier molecular flexibility index (Phi) is 6.60. The number of benzene rings is 2. The standard InChI is InChI=1S/C23H18Cl2N4O4S2/c1-12-9-14(13(2)28(12)15-3-6-17(7-4-15)35(26,32)33)10-18-21(30)27-23(34)29(22(18)31)16-5-8-19(24)20(25)11-16/h3-11H,1-2H3,(H2,26,32,33)(H,27,30,34)/b18-10+. The van der Waals surface area contributed by atoms with Crippen LogP contribution < -0.4 is 15.4 Å². The number of halogens is 2. The molecular formula is C23H18Cl2N4O4S2. The minimum absolute atomic E-state index is 0.00566. The van der Waals surface area contributed by atoms with Gasteiger partial charge in [0.1, 0.15) is 5.57 Å². The second-order valence-corrected chi connectivity index (χ2v) is 10.5. The number of rotatable bonds is 4. The average Bonchev–Trinajstić information content (AvgIpc) is 3.05. The van der Waals surface area contributed by atoms with Crippen molar-refractivity contribution >= 4 is 74.1 Å². The number of thiocarbonyl (C=S) groups is 1. The van der Waals surface area contributed by atoms with Crippen LogP contribution in [0.5, 0.6) is 0 Å². The third kappa shape index (κ3) is 4.75. The lowest BCUT2D eigenvalue weighted by Crippen LogP contribution is -2.54. The molecule has 0 atom stereocenters. The first-order valence-electron chi connectivity index (χ1n) is 10.1. The van der Waals surface area contributed by atoms with Crippen LogP contribution in [0.4, 0.5) is 5.69 Å². The van der Waals surface area contributed by atoms with E-state index in [0.29, 0.717) is 22.0 Å². The van der Waals surface area contributed by atoms with Gasteiger partial charge in [0.25, 0.3) is 11.8 Å².